The number of nitrogens with two attached hydrogens (primary N) is 1. The molecule has 6 nitrogen and oxygen atoms in total. The molecule has 0 atom stereocenters. The number of aromatic nitrogens is 3. The van der Waals surface area contributed by atoms with Gasteiger partial charge in [-0.3, -0.25) is 4.79 Å². The molecule has 0 fully saturated rings. The highest BCUT2D eigenvalue weighted by Gasteiger charge is 2.17. The largest absolute Gasteiger partial charge is 0.382 e. The van der Waals surface area contributed by atoms with Crippen LogP contribution in [0.4, 0.5) is 11.5 Å². The Hall–Kier alpha value is -2.38. The van der Waals surface area contributed by atoms with Gasteiger partial charge in [-0.1, -0.05) is 44.9 Å². The Balaban J connectivity index is 1.75. The number of anilines is 2. The lowest BCUT2D eigenvalue weighted by atomic mass is 10.2. The molecular weight excluding hydrogens is 394 g/mol. The Kier molecular flexibility index (Phi) is 4.82. The van der Waals surface area contributed by atoms with Crippen LogP contribution in [0.3, 0.4) is 0 Å². The first-order valence-electron chi connectivity index (χ1n) is 7.03. The number of hydrogen-bond acceptors (Lipinski definition) is 4. The van der Waals surface area contributed by atoms with E-state index in [1.165, 1.54) is 4.68 Å². The molecule has 122 valence electrons. The third-order valence-corrected chi connectivity index (χ3v) is 4.12. The molecule has 8 heteroatoms. The summed E-state index contributed by atoms with van der Waals surface area (Å²) in [7, 11) is 0. The van der Waals surface area contributed by atoms with Crippen LogP contribution in [0.5, 0.6) is 0 Å². The zero-order valence-electron chi connectivity index (χ0n) is 12.4. The predicted octanol–water partition coefficient (Wildman–Crippen LogP) is 3.58. The van der Waals surface area contributed by atoms with Crippen molar-refractivity contribution in [1.82, 2.24) is 15.0 Å². The Labute approximate surface area is 151 Å². The number of nitrogens with one attached hydrogen (secondary N) is 1. The molecule has 0 saturated heterocycles. The summed E-state index contributed by atoms with van der Waals surface area (Å²) in [6.45, 7) is 0.404. The highest BCUT2D eigenvalue weighted by atomic mass is 79.9. The Morgan fingerprint density at radius 2 is 1.83 bits per heavy atom. The quantitative estimate of drug-likeness (QED) is 0.693. The maximum Gasteiger partial charge on any atom is 0.280 e. The molecule has 3 rings (SSSR count). The van der Waals surface area contributed by atoms with Crippen molar-refractivity contribution in [2.75, 3.05) is 11.1 Å². The van der Waals surface area contributed by atoms with Crippen LogP contribution >= 0.6 is 27.5 Å². The molecule has 0 aliphatic heterocycles. The average Bonchev–Trinajstić information content (AvgIpc) is 2.93. The summed E-state index contributed by atoms with van der Waals surface area (Å²) in [4.78, 5) is 12.3. The minimum atomic E-state index is -0.405. The molecular formula is C16H13BrClN5O. The second kappa shape index (κ2) is 7.02. The summed E-state index contributed by atoms with van der Waals surface area (Å²) in [6, 6.07) is 14.5. The molecule has 3 aromatic rings. The first-order valence-corrected chi connectivity index (χ1v) is 8.20. The maximum atomic E-state index is 12.3. The van der Waals surface area contributed by atoms with Crippen LogP contribution in [-0.2, 0) is 6.54 Å². The summed E-state index contributed by atoms with van der Waals surface area (Å²) in [6.07, 6.45) is 0. The van der Waals surface area contributed by atoms with Gasteiger partial charge in [-0.05, 0) is 42.0 Å². The number of carbonyl (C=O) groups excluding carboxylic acids is 1. The minimum absolute atomic E-state index is 0.0897. The summed E-state index contributed by atoms with van der Waals surface area (Å²) in [5.41, 5.74) is 7.70. The van der Waals surface area contributed by atoms with E-state index in [1.54, 1.807) is 24.3 Å². The van der Waals surface area contributed by atoms with Crippen LogP contribution in [0.1, 0.15) is 16.1 Å². The van der Waals surface area contributed by atoms with Crippen LogP contribution in [-0.4, -0.2) is 20.9 Å². The number of rotatable bonds is 4. The highest BCUT2D eigenvalue weighted by molar-refractivity contribution is 9.10. The van der Waals surface area contributed by atoms with Gasteiger partial charge < -0.3 is 11.1 Å². The SMILES string of the molecule is Nc1c(C(=O)Nc2ccc(Br)cc2)nnn1Cc1ccc(Cl)cc1. The Bertz CT molecular complexity index is 861. The number of nitrogen functional groups attached to an aromatic ring is 1. The number of hydrogen-bond donors (Lipinski definition) is 2. The predicted molar refractivity (Wildman–Crippen MR) is 97.1 cm³/mol. The molecule has 1 heterocycles. The van der Waals surface area contributed by atoms with Crippen LogP contribution < -0.4 is 11.1 Å². The van der Waals surface area contributed by atoms with E-state index in [9.17, 15) is 4.79 Å². The Morgan fingerprint density at radius 1 is 1.17 bits per heavy atom. The van der Waals surface area contributed by atoms with Gasteiger partial charge in [0.25, 0.3) is 5.91 Å². The second-order valence-corrected chi connectivity index (χ2v) is 6.42. The normalized spacial score (nSPS) is 10.6. The lowest BCUT2D eigenvalue weighted by Crippen LogP contribution is -2.15. The van der Waals surface area contributed by atoms with Gasteiger partial charge in [0.15, 0.2) is 11.5 Å². The van der Waals surface area contributed by atoms with Crippen molar-refractivity contribution in [1.29, 1.82) is 0 Å². The number of nitrogens with zero attached hydrogens (tertiary/aromatic N) is 3. The van der Waals surface area contributed by atoms with E-state index >= 15 is 0 Å². The van der Waals surface area contributed by atoms with Gasteiger partial charge in [0.2, 0.25) is 0 Å². The molecule has 0 saturated carbocycles. The van der Waals surface area contributed by atoms with Crippen LogP contribution in [0, 0.1) is 0 Å². The van der Waals surface area contributed by atoms with Gasteiger partial charge in [0, 0.05) is 15.2 Å². The standard InChI is InChI=1S/C16H13BrClN5O/c17-11-3-7-13(8-4-11)20-16(24)14-15(19)23(22-21-14)9-10-1-5-12(18)6-2-10/h1-8H,9,19H2,(H,20,24). The zero-order chi connectivity index (χ0) is 17.1. The average molecular weight is 407 g/mol. The van der Waals surface area contributed by atoms with Crippen molar-refractivity contribution in [2.45, 2.75) is 6.54 Å². The molecule has 1 amide bonds. The van der Waals surface area contributed by atoms with Crippen molar-refractivity contribution in [3.05, 3.63) is 69.3 Å². The van der Waals surface area contributed by atoms with E-state index in [-0.39, 0.29) is 11.5 Å². The van der Waals surface area contributed by atoms with Crippen molar-refractivity contribution >= 4 is 44.9 Å². The molecule has 3 N–H and O–H groups in total. The lowest BCUT2D eigenvalue weighted by molar-refractivity contribution is 0.102. The minimum Gasteiger partial charge on any atom is -0.382 e. The Morgan fingerprint density at radius 3 is 2.50 bits per heavy atom. The van der Waals surface area contributed by atoms with Crippen LogP contribution in [0.25, 0.3) is 0 Å². The topological polar surface area (TPSA) is 85.8 Å². The first kappa shape index (κ1) is 16.5. The molecule has 0 aliphatic rings. The molecule has 0 unspecified atom stereocenters. The van der Waals surface area contributed by atoms with Crippen molar-refractivity contribution in [2.24, 2.45) is 0 Å². The number of halogens is 2. The molecule has 24 heavy (non-hydrogen) atoms. The number of carbonyl (C=O) groups is 1. The molecule has 0 spiro atoms. The summed E-state index contributed by atoms with van der Waals surface area (Å²) >= 11 is 9.20. The second-order valence-electron chi connectivity index (χ2n) is 5.07. The molecule has 0 bridgehead atoms. The highest BCUT2D eigenvalue weighted by Crippen LogP contribution is 2.17. The molecule has 0 aliphatic carbocycles. The van der Waals surface area contributed by atoms with Gasteiger partial charge in [-0.2, -0.15) is 0 Å². The third-order valence-electron chi connectivity index (χ3n) is 3.34. The van der Waals surface area contributed by atoms with Gasteiger partial charge in [-0.25, -0.2) is 4.68 Å². The smallest absolute Gasteiger partial charge is 0.280 e. The monoisotopic (exact) mass is 405 g/mol. The third kappa shape index (κ3) is 3.74. The van der Waals surface area contributed by atoms with Crippen LogP contribution in [0.2, 0.25) is 5.02 Å². The molecule has 2 aromatic carbocycles. The van der Waals surface area contributed by atoms with Gasteiger partial charge in [0.1, 0.15) is 0 Å². The molecule has 1 aromatic heterocycles. The number of benzene rings is 2. The van der Waals surface area contributed by atoms with E-state index in [2.05, 4.69) is 31.6 Å². The van der Waals surface area contributed by atoms with E-state index in [0.717, 1.165) is 10.0 Å². The van der Waals surface area contributed by atoms with Crippen molar-refractivity contribution in [3.8, 4) is 0 Å². The summed E-state index contributed by atoms with van der Waals surface area (Å²) < 4.78 is 2.40. The van der Waals surface area contributed by atoms with Crippen molar-refractivity contribution < 1.29 is 4.79 Å². The van der Waals surface area contributed by atoms with Gasteiger partial charge >= 0.3 is 0 Å². The van der Waals surface area contributed by atoms with E-state index in [0.29, 0.717) is 17.3 Å². The first-order chi connectivity index (χ1) is 11.5. The lowest BCUT2D eigenvalue weighted by Gasteiger charge is -2.05. The van der Waals surface area contributed by atoms with Crippen LogP contribution in [0.15, 0.2) is 53.0 Å². The van der Waals surface area contributed by atoms with E-state index < -0.39 is 5.91 Å². The fraction of sp³-hybridized carbons (Fsp3) is 0.0625. The summed E-state index contributed by atoms with van der Waals surface area (Å²) in [5, 5.41) is 11.2. The fourth-order valence-electron chi connectivity index (χ4n) is 2.09. The fourth-order valence-corrected chi connectivity index (χ4v) is 2.48. The van der Waals surface area contributed by atoms with E-state index in [4.69, 9.17) is 17.3 Å². The van der Waals surface area contributed by atoms with E-state index in [1.807, 2.05) is 24.3 Å². The van der Waals surface area contributed by atoms with Gasteiger partial charge in [0.05, 0.1) is 6.54 Å². The van der Waals surface area contributed by atoms with Crippen molar-refractivity contribution in [3.63, 3.8) is 0 Å². The molecule has 0 radical (unpaired) electrons. The summed E-state index contributed by atoms with van der Waals surface area (Å²) in [5.74, 6) is -0.197. The maximum absolute atomic E-state index is 12.3. The van der Waals surface area contributed by atoms with Gasteiger partial charge in [-0.15, -0.1) is 5.10 Å². The zero-order valence-corrected chi connectivity index (χ0v) is 14.8. The number of amides is 1.